The maximum atomic E-state index is 12.8. The van der Waals surface area contributed by atoms with Crippen LogP contribution in [0, 0.1) is 11.3 Å². The van der Waals surface area contributed by atoms with Crippen LogP contribution >= 0.6 is 0 Å². The Bertz CT molecular complexity index is 691. The monoisotopic (exact) mass is 358 g/mol. The van der Waals surface area contributed by atoms with E-state index in [1.807, 2.05) is 44.2 Å². The van der Waals surface area contributed by atoms with Crippen LogP contribution in [-0.2, 0) is 9.59 Å². The van der Waals surface area contributed by atoms with Crippen molar-refractivity contribution in [1.29, 1.82) is 0 Å². The van der Waals surface area contributed by atoms with Gasteiger partial charge in [-0.25, -0.2) is 4.79 Å². The average molecular weight is 358 g/mol. The van der Waals surface area contributed by atoms with E-state index < -0.39 is 5.41 Å². The van der Waals surface area contributed by atoms with Gasteiger partial charge in [0.2, 0.25) is 11.8 Å². The van der Waals surface area contributed by atoms with Gasteiger partial charge in [-0.15, -0.1) is 0 Å². The molecule has 7 nitrogen and oxygen atoms in total. The van der Waals surface area contributed by atoms with Crippen molar-refractivity contribution < 1.29 is 14.4 Å². The number of hydrogen-bond donors (Lipinski definition) is 2. The average Bonchev–Trinajstić information content (AvgIpc) is 2.86. The molecule has 1 spiro atoms. The number of hydrogen-bond acceptors (Lipinski definition) is 3. The summed E-state index contributed by atoms with van der Waals surface area (Å²) in [7, 11) is 0. The van der Waals surface area contributed by atoms with Gasteiger partial charge >= 0.3 is 6.03 Å². The predicted octanol–water partition coefficient (Wildman–Crippen LogP) is 1.52. The maximum Gasteiger partial charge on any atom is 0.321 e. The third kappa shape index (κ3) is 3.98. The number of nitrogens with zero attached hydrogens (tertiary/aromatic N) is 2. The second-order valence-corrected chi connectivity index (χ2v) is 7.59. The highest BCUT2D eigenvalue weighted by molar-refractivity contribution is 5.89. The number of benzene rings is 1. The van der Waals surface area contributed by atoms with E-state index >= 15 is 0 Å². The van der Waals surface area contributed by atoms with E-state index in [4.69, 9.17) is 0 Å². The van der Waals surface area contributed by atoms with Gasteiger partial charge < -0.3 is 20.4 Å². The first kappa shape index (κ1) is 18.2. The van der Waals surface area contributed by atoms with Gasteiger partial charge in [-0.05, 0) is 12.1 Å². The van der Waals surface area contributed by atoms with Gasteiger partial charge in [0.05, 0.1) is 0 Å². The summed E-state index contributed by atoms with van der Waals surface area (Å²) < 4.78 is 0. The molecule has 7 heteroatoms. The molecule has 0 saturated carbocycles. The van der Waals surface area contributed by atoms with Crippen LogP contribution in [0.5, 0.6) is 0 Å². The van der Waals surface area contributed by atoms with Crippen LogP contribution in [0.25, 0.3) is 0 Å². The van der Waals surface area contributed by atoms with Crippen LogP contribution in [-0.4, -0.2) is 60.4 Å². The van der Waals surface area contributed by atoms with Crippen molar-refractivity contribution >= 4 is 23.5 Å². The number of para-hydroxylation sites is 1. The second-order valence-electron chi connectivity index (χ2n) is 7.59. The minimum absolute atomic E-state index is 0.0211. The molecular weight excluding hydrogens is 332 g/mol. The van der Waals surface area contributed by atoms with Gasteiger partial charge in [-0.2, -0.15) is 0 Å². The highest BCUT2D eigenvalue weighted by Gasteiger charge is 2.45. The molecule has 2 aliphatic heterocycles. The summed E-state index contributed by atoms with van der Waals surface area (Å²) >= 11 is 0. The van der Waals surface area contributed by atoms with Crippen molar-refractivity contribution in [1.82, 2.24) is 15.1 Å². The first-order valence-corrected chi connectivity index (χ1v) is 9.05. The number of rotatable bonds is 2. The molecule has 1 atom stereocenters. The number of carbonyl (C=O) groups excluding carboxylic acids is 3. The maximum absolute atomic E-state index is 12.8. The molecule has 3 rings (SSSR count). The Morgan fingerprint density at radius 1 is 1.12 bits per heavy atom. The zero-order valence-corrected chi connectivity index (χ0v) is 15.3. The Morgan fingerprint density at radius 3 is 2.38 bits per heavy atom. The highest BCUT2D eigenvalue weighted by Crippen LogP contribution is 2.31. The topological polar surface area (TPSA) is 81.8 Å². The molecule has 1 aromatic carbocycles. The van der Waals surface area contributed by atoms with E-state index in [2.05, 4.69) is 10.6 Å². The van der Waals surface area contributed by atoms with Crippen molar-refractivity contribution in [2.75, 3.05) is 38.0 Å². The van der Waals surface area contributed by atoms with E-state index in [0.29, 0.717) is 39.1 Å². The molecule has 2 saturated heterocycles. The van der Waals surface area contributed by atoms with E-state index in [-0.39, 0.29) is 23.8 Å². The zero-order chi connectivity index (χ0) is 18.7. The third-order valence-corrected chi connectivity index (χ3v) is 5.01. The fourth-order valence-corrected chi connectivity index (χ4v) is 3.69. The summed E-state index contributed by atoms with van der Waals surface area (Å²) in [6, 6.07) is 9.09. The minimum Gasteiger partial charge on any atom is -0.355 e. The zero-order valence-electron chi connectivity index (χ0n) is 15.3. The van der Waals surface area contributed by atoms with Crippen molar-refractivity contribution in [3.63, 3.8) is 0 Å². The number of urea groups is 1. The molecule has 2 fully saturated rings. The number of carbonyl (C=O) groups is 3. The molecule has 2 heterocycles. The molecule has 0 unspecified atom stereocenters. The molecule has 0 radical (unpaired) electrons. The van der Waals surface area contributed by atoms with Crippen LogP contribution < -0.4 is 10.6 Å². The molecule has 0 bridgehead atoms. The van der Waals surface area contributed by atoms with Gasteiger partial charge in [-0.1, -0.05) is 32.0 Å². The Morgan fingerprint density at radius 2 is 1.77 bits per heavy atom. The smallest absolute Gasteiger partial charge is 0.321 e. The summed E-state index contributed by atoms with van der Waals surface area (Å²) in [5.41, 5.74) is 0.304. The van der Waals surface area contributed by atoms with E-state index in [1.54, 1.807) is 9.80 Å². The largest absolute Gasteiger partial charge is 0.355 e. The minimum atomic E-state index is -0.424. The summed E-state index contributed by atoms with van der Waals surface area (Å²) in [5, 5.41) is 5.77. The molecule has 0 aromatic heterocycles. The number of amides is 4. The van der Waals surface area contributed by atoms with E-state index in [1.165, 1.54) is 0 Å². The second kappa shape index (κ2) is 7.35. The van der Waals surface area contributed by atoms with E-state index in [0.717, 1.165) is 5.69 Å². The van der Waals surface area contributed by atoms with Crippen molar-refractivity contribution in [2.45, 2.75) is 20.3 Å². The first-order valence-electron chi connectivity index (χ1n) is 9.05. The van der Waals surface area contributed by atoms with Crippen LogP contribution in [0.15, 0.2) is 30.3 Å². The molecule has 1 aromatic rings. The summed E-state index contributed by atoms with van der Waals surface area (Å²) in [4.78, 5) is 40.7. The summed E-state index contributed by atoms with van der Waals surface area (Å²) in [6.07, 6.45) is 0.337. The van der Waals surface area contributed by atoms with Crippen molar-refractivity contribution in [2.24, 2.45) is 11.3 Å². The fourth-order valence-electron chi connectivity index (χ4n) is 3.69. The lowest BCUT2D eigenvalue weighted by Gasteiger charge is -2.33. The van der Waals surface area contributed by atoms with Crippen LogP contribution in [0.1, 0.15) is 20.3 Å². The van der Waals surface area contributed by atoms with Gasteiger partial charge in [0.15, 0.2) is 0 Å². The fraction of sp³-hybridized carbons (Fsp3) is 0.526. The molecule has 2 N–H and O–H groups in total. The Kier molecular flexibility index (Phi) is 5.15. The molecular formula is C19H26N4O3. The Hall–Kier alpha value is -2.57. The van der Waals surface area contributed by atoms with Gasteiger partial charge in [-0.3, -0.25) is 9.59 Å². The molecule has 140 valence electrons. The van der Waals surface area contributed by atoms with Gasteiger partial charge in [0.1, 0.15) is 0 Å². The Balaban J connectivity index is 1.78. The first-order chi connectivity index (χ1) is 12.4. The lowest BCUT2D eigenvalue weighted by molar-refractivity contribution is -0.135. The lowest BCUT2D eigenvalue weighted by atomic mass is 9.86. The Labute approximate surface area is 153 Å². The summed E-state index contributed by atoms with van der Waals surface area (Å²) in [6.45, 7) is 6.12. The highest BCUT2D eigenvalue weighted by atomic mass is 16.2. The van der Waals surface area contributed by atoms with E-state index in [9.17, 15) is 14.4 Å². The molecule has 2 aliphatic rings. The standard InChI is InChI=1S/C19H26N4O3/c1-14(2)17(25)22-8-9-23(13-19(12-22)10-16(24)20-11-19)18(26)21-15-6-4-3-5-7-15/h3-7,14H,8-13H2,1-2H3,(H,20,24)(H,21,26)/t19-/m0/s1. The van der Waals surface area contributed by atoms with Crippen LogP contribution in [0.3, 0.4) is 0 Å². The van der Waals surface area contributed by atoms with Crippen LogP contribution in [0.4, 0.5) is 10.5 Å². The third-order valence-electron chi connectivity index (χ3n) is 5.01. The predicted molar refractivity (Wildman–Crippen MR) is 98.5 cm³/mol. The lowest BCUT2D eigenvalue weighted by Crippen LogP contribution is -2.46. The number of anilines is 1. The van der Waals surface area contributed by atoms with Gasteiger partial charge in [0.25, 0.3) is 0 Å². The summed E-state index contributed by atoms with van der Waals surface area (Å²) in [5.74, 6) is -0.0666. The SMILES string of the molecule is CC(C)C(=O)N1CCN(C(=O)Nc2ccccc2)C[C@@]2(CNC(=O)C2)C1. The van der Waals surface area contributed by atoms with Crippen molar-refractivity contribution in [3.05, 3.63) is 30.3 Å². The quantitative estimate of drug-likeness (QED) is 0.841. The van der Waals surface area contributed by atoms with Crippen LogP contribution in [0.2, 0.25) is 0 Å². The number of nitrogens with one attached hydrogen (secondary N) is 2. The van der Waals surface area contributed by atoms with Crippen molar-refractivity contribution in [3.8, 4) is 0 Å². The van der Waals surface area contributed by atoms with Gasteiger partial charge in [0, 0.05) is 56.2 Å². The molecule has 4 amide bonds. The molecule has 26 heavy (non-hydrogen) atoms. The molecule has 0 aliphatic carbocycles. The normalized spacial score (nSPS) is 23.1.